The molecular weight excluding hydrogens is 278 g/mol. The van der Waals surface area contributed by atoms with Crippen LogP contribution in [0, 0.1) is 5.92 Å². The maximum atomic E-state index is 12.4. The second-order valence-electron chi connectivity index (χ2n) is 6.79. The third-order valence-corrected chi connectivity index (χ3v) is 5.13. The van der Waals surface area contributed by atoms with Gasteiger partial charge in [0.05, 0.1) is 23.8 Å². The van der Waals surface area contributed by atoms with Crippen LogP contribution in [0.2, 0.25) is 0 Å². The number of carbonyl (C=O) groups excluding carboxylic acids is 1. The Balaban J connectivity index is 1.36. The Labute approximate surface area is 131 Å². The molecule has 0 radical (unpaired) electrons. The van der Waals surface area contributed by atoms with Gasteiger partial charge in [0.15, 0.2) is 0 Å². The molecule has 2 saturated heterocycles. The van der Waals surface area contributed by atoms with E-state index in [-0.39, 0.29) is 24.0 Å². The zero-order chi connectivity index (χ0) is 14.9. The molecule has 2 bridgehead atoms. The van der Waals surface area contributed by atoms with E-state index in [0.29, 0.717) is 6.04 Å². The molecule has 22 heavy (non-hydrogen) atoms. The third-order valence-electron chi connectivity index (χ3n) is 5.13. The first-order valence-electron chi connectivity index (χ1n) is 8.36. The summed E-state index contributed by atoms with van der Waals surface area (Å²) in [6.07, 6.45) is 6.46. The van der Waals surface area contributed by atoms with E-state index in [1.54, 1.807) is 0 Å². The van der Waals surface area contributed by atoms with Gasteiger partial charge in [-0.3, -0.25) is 14.7 Å². The van der Waals surface area contributed by atoms with E-state index >= 15 is 0 Å². The van der Waals surface area contributed by atoms with Crippen molar-refractivity contribution in [3.05, 3.63) is 30.1 Å². The van der Waals surface area contributed by atoms with Gasteiger partial charge in [-0.25, -0.2) is 0 Å². The van der Waals surface area contributed by atoms with E-state index in [1.165, 1.54) is 6.42 Å². The fourth-order valence-corrected chi connectivity index (χ4v) is 3.72. The highest BCUT2D eigenvalue weighted by Crippen LogP contribution is 2.33. The molecule has 0 aromatic carbocycles. The number of pyridine rings is 1. The predicted molar refractivity (Wildman–Crippen MR) is 82.1 cm³/mol. The minimum absolute atomic E-state index is 0.0272. The molecule has 5 heteroatoms. The van der Waals surface area contributed by atoms with Crippen LogP contribution in [-0.4, -0.2) is 47.1 Å². The van der Waals surface area contributed by atoms with E-state index in [1.807, 2.05) is 18.3 Å². The molecule has 1 aromatic heterocycles. The molecule has 2 aliphatic heterocycles. The van der Waals surface area contributed by atoms with Crippen LogP contribution in [0.1, 0.15) is 31.4 Å². The topological polar surface area (TPSA) is 54.5 Å². The van der Waals surface area contributed by atoms with Crippen molar-refractivity contribution in [2.75, 3.05) is 13.1 Å². The number of amides is 1. The van der Waals surface area contributed by atoms with Gasteiger partial charge in [0.25, 0.3) is 0 Å². The Morgan fingerprint density at radius 3 is 3.00 bits per heavy atom. The smallest absolute Gasteiger partial charge is 0.226 e. The molecule has 1 aliphatic carbocycles. The summed E-state index contributed by atoms with van der Waals surface area (Å²) in [5, 5.41) is 3.19. The predicted octanol–water partition coefficient (Wildman–Crippen LogP) is 1.34. The van der Waals surface area contributed by atoms with Gasteiger partial charge in [0, 0.05) is 31.9 Å². The van der Waals surface area contributed by atoms with Gasteiger partial charge >= 0.3 is 0 Å². The molecule has 3 heterocycles. The van der Waals surface area contributed by atoms with Crippen molar-refractivity contribution >= 4 is 5.91 Å². The highest BCUT2D eigenvalue weighted by atomic mass is 16.5. The molecular formula is C17H23N3O2. The van der Waals surface area contributed by atoms with E-state index in [0.717, 1.165) is 44.6 Å². The lowest BCUT2D eigenvalue weighted by atomic mass is 9.91. The summed E-state index contributed by atoms with van der Waals surface area (Å²) in [5.74, 6) is 0.233. The van der Waals surface area contributed by atoms with E-state index in [4.69, 9.17) is 4.74 Å². The minimum Gasteiger partial charge on any atom is -0.371 e. The van der Waals surface area contributed by atoms with Crippen molar-refractivity contribution in [3.63, 3.8) is 0 Å². The van der Waals surface area contributed by atoms with Gasteiger partial charge < -0.3 is 10.1 Å². The quantitative estimate of drug-likeness (QED) is 0.912. The normalized spacial score (nSPS) is 31.7. The number of hydrogen-bond donors (Lipinski definition) is 1. The molecule has 1 saturated carbocycles. The molecule has 1 N–H and O–H groups in total. The average Bonchev–Trinajstić information content (AvgIpc) is 2.79. The molecule has 3 atom stereocenters. The molecule has 0 spiro atoms. The summed E-state index contributed by atoms with van der Waals surface area (Å²) >= 11 is 0. The van der Waals surface area contributed by atoms with Gasteiger partial charge in [-0.05, 0) is 37.8 Å². The summed E-state index contributed by atoms with van der Waals surface area (Å²) in [6, 6.07) is 6.43. The van der Waals surface area contributed by atoms with Gasteiger partial charge in [0.1, 0.15) is 0 Å². The van der Waals surface area contributed by atoms with Crippen molar-refractivity contribution in [2.24, 2.45) is 5.92 Å². The van der Waals surface area contributed by atoms with Crippen molar-refractivity contribution in [2.45, 2.75) is 50.5 Å². The molecule has 1 aromatic rings. The van der Waals surface area contributed by atoms with Crippen molar-refractivity contribution in [3.8, 4) is 0 Å². The Morgan fingerprint density at radius 1 is 1.36 bits per heavy atom. The monoisotopic (exact) mass is 301 g/mol. The zero-order valence-electron chi connectivity index (χ0n) is 12.8. The number of nitrogens with one attached hydrogen (secondary N) is 1. The fourth-order valence-electron chi connectivity index (χ4n) is 3.72. The minimum atomic E-state index is 0.0272. The van der Waals surface area contributed by atoms with E-state index in [2.05, 4.69) is 21.3 Å². The van der Waals surface area contributed by atoms with Gasteiger partial charge in [0.2, 0.25) is 5.91 Å². The summed E-state index contributed by atoms with van der Waals surface area (Å²) in [6.45, 7) is 2.57. The molecule has 3 aliphatic rings. The standard InChI is InChI=1S/C17H23N3O2/c21-17(19-12-5-3-6-12)15-8-14-10-20(11-16(15)22-14)9-13-4-1-2-7-18-13/h1-2,4,7,12,14-16H,3,5-6,8-11H2,(H,19,21)/t14-,15+,16-/m1/s1. The van der Waals surface area contributed by atoms with Crippen LogP contribution in [0.5, 0.6) is 0 Å². The lowest BCUT2D eigenvalue weighted by molar-refractivity contribution is -0.129. The Morgan fingerprint density at radius 2 is 2.27 bits per heavy atom. The number of ether oxygens (including phenoxy) is 1. The van der Waals surface area contributed by atoms with Crippen molar-refractivity contribution in [1.29, 1.82) is 0 Å². The summed E-state index contributed by atoms with van der Waals surface area (Å²) < 4.78 is 6.01. The van der Waals surface area contributed by atoms with Crippen molar-refractivity contribution in [1.82, 2.24) is 15.2 Å². The highest BCUT2D eigenvalue weighted by Gasteiger charge is 2.45. The number of morpholine rings is 1. The molecule has 4 rings (SSSR count). The third kappa shape index (κ3) is 2.88. The lowest BCUT2D eigenvalue weighted by Gasteiger charge is -2.33. The largest absolute Gasteiger partial charge is 0.371 e. The summed E-state index contributed by atoms with van der Waals surface area (Å²) in [7, 11) is 0. The number of aromatic nitrogens is 1. The van der Waals surface area contributed by atoms with E-state index < -0.39 is 0 Å². The molecule has 1 amide bonds. The number of nitrogens with zero attached hydrogens (tertiary/aromatic N) is 2. The van der Waals surface area contributed by atoms with Crippen LogP contribution < -0.4 is 5.32 Å². The number of rotatable bonds is 4. The lowest BCUT2D eigenvalue weighted by Crippen LogP contribution is -2.47. The summed E-state index contributed by atoms with van der Waals surface area (Å²) in [5.41, 5.74) is 1.08. The van der Waals surface area contributed by atoms with Crippen LogP contribution in [-0.2, 0) is 16.1 Å². The van der Waals surface area contributed by atoms with Gasteiger partial charge in [-0.1, -0.05) is 6.07 Å². The zero-order valence-corrected chi connectivity index (χ0v) is 12.8. The fraction of sp³-hybridized carbons (Fsp3) is 0.647. The second-order valence-corrected chi connectivity index (χ2v) is 6.79. The molecule has 3 fully saturated rings. The molecule has 118 valence electrons. The van der Waals surface area contributed by atoms with Crippen LogP contribution in [0.25, 0.3) is 0 Å². The maximum Gasteiger partial charge on any atom is 0.226 e. The summed E-state index contributed by atoms with van der Waals surface area (Å²) in [4.78, 5) is 19.2. The Kier molecular flexibility index (Phi) is 3.84. The van der Waals surface area contributed by atoms with Crippen LogP contribution >= 0.6 is 0 Å². The van der Waals surface area contributed by atoms with Crippen LogP contribution in [0.15, 0.2) is 24.4 Å². The average molecular weight is 301 g/mol. The highest BCUT2D eigenvalue weighted by molar-refractivity contribution is 5.80. The number of likely N-dealkylation sites (tertiary alicyclic amines) is 1. The maximum absolute atomic E-state index is 12.4. The van der Waals surface area contributed by atoms with Crippen LogP contribution in [0.4, 0.5) is 0 Å². The first-order chi connectivity index (χ1) is 10.8. The Hall–Kier alpha value is -1.46. The van der Waals surface area contributed by atoms with Gasteiger partial charge in [-0.15, -0.1) is 0 Å². The number of hydrogen-bond acceptors (Lipinski definition) is 4. The number of carbonyl (C=O) groups is 1. The number of fused-ring (bicyclic) bond motifs is 2. The molecule has 0 unspecified atom stereocenters. The first kappa shape index (κ1) is 14.2. The molecule has 5 nitrogen and oxygen atoms in total. The van der Waals surface area contributed by atoms with Gasteiger partial charge in [-0.2, -0.15) is 0 Å². The van der Waals surface area contributed by atoms with E-state index in [9.17, 15) is 4.79 Å². The second kappa shape index (κ2) is 5.97. The first-order valence-corrected chi connectivity index (χ1v) is 8.36. The van der Waals surface area contributed by atoms with Crippen molar-refractivity contribution < 1.29 is 9.53 Å². The van der Waals surface area contributed by atoms with Crippen LogP contribution in [0.3, 0.4) is 0 Å². The SMILES string of the molecule is O=C(NC1CCC1)[C@H]1C[C@@H]2CN(Cc3ccccn3)C[C@H]1O2. The Bertz CT molecular complexity index is 532.